The van der Waals surface area contributed by atoms with Gasteiger partial charge in [-0.25, -0.2) is 0 Å². The number of rotatable bonds is 4. The van der Waals surface area contributed by atoms with Crippen LogP contribution in [0.3, 0.4) is 0 Å². The molecule has 0 saturated heterocycles. The molecule has 0 aliphatic carbocycles. The molecule has 48 heavy (non-hydrogen) atoms. The van der Waals surface area contributed by atoms with Crippen LogP contribution in [0.4, 0.5) is 17.1 Å². The Balaban J connectivity index is 1.16. The molecule has 9 aromatic carbocycles. The molecule has 1 heterocycles. The van der Waals surface area contributed by atoms with Crippen molar-refractivity contribution in [2.45, 2.75) is 0 Å². The van der Waals surface area contributed by atoms with Crippen molar-refractivity contribution in [3.8, 4) is 11.1 Å². The summed E-state index contributed by atoms with van der Waals surface area (Å²) in [6, 6.07) is 63.4. The van der Waals surface area contributed by atoms with E-state index >= 15 is 0 Å². The van der Waals surface area contributed by atoms with Gasteiger partial charge in [-0.1, -0.05) is 127 Å². The predicted molar refractivity (Wildman–Crippen MR) is 204 cm³/mol. The SMILES string of the molecule is c1ccc2c(c1)ccc1cc(-c3ccc(N(c4ccc5ccc6ccccc6c5c4)c4cccc5oc6ccccc6c45)cc3)ccc12. The van der Waals surface area contributed by atoms with Crippen LogP contribution in [-0.4, -0.2) is 0 Å². The molecule has 0 unspecified atom stereocenters. The highest BCUT2D eigenvalue weighted by Gasteiger charge is 2.20. The molecule has 10 aromatic rings. The van der Waals surface area contributed by atoms with E-state index in [2.05, 4.69) is 169 Å². The Morgan fingerprint density at radius 2 is 0.896 bits per heavy atom. The molecule has 0 bridgehead atoms. The van der Waals surface area contributed by atoms with Crippen LogP contribution in [0.2, 0.25) is 0 Å². The van der Waals surface area contributed by atoms with E-state index in [1.807, 2.05) is 12.1 Å². The molecule has 2 nitrogen and oxygen atoms in total. The van der Waals surface area contributed by atoms with Gasteiger partial charge in [-0.2, -0.15) is 0 Å². The van der Waals surface area contributed by atoms with E-state index in [4.69, 9.17) is 4.42 Å². The van der Waals surface area contributed by atoms with Gasteiger partial charge in [0.2, 0.25) is 0 Å². The van der Waals surface area contributed by atoms with E-state index in [9.17, 15) is 0 Å². The van der Waals surface area contributed by atoms with Crippen molar-refractivity contribution in [2.75, 3.05) is 4.90 Å². The van der Waals surface area contributed by atoms with Crippen LogP contribution in [0.5, 0.6) is 0 Å². The fraction of sp³-hybridized carbons (Fsp3) is 0. The minimum atomic E-state index is 0.880. The van der Waals surface area contributed by atoms with E-state index in [1.165, 1.54) is 54.2 Å². The van der Waals surface area contributed by atoms with Gasteiger partial charge in [-0.3, -0.25) is 0 Å². The van der Waals surface area contributed by atoms with Gasteiger partial charge in [0.25, 0.3) is 0 Å². The molecule has 2 heteroatoms. The monoisotopic (exact) mass is 611 g/mol. The van der Waals surface area contributed by atoms with Gasteiger partial charge in [0.05, 0.1) is 11.1 Å². The molecule has 0 aliphatic heterocycles. The van der Waals surface area contributed by atoms with Crippen molar-refractivity contribution in [1.29, 1.82) is 0 Å². The molecule has 1 aromatic heterocycles. The van der Waals surface area contributed by atoms with E-state index in [1.54, 1.807) is 0 Å². The average Bonchev–Trinajstić information content (AvgIpc) is 3.54. The second-order valence-corrected chi connectivity index (χ2v) is 12.5. The normalized spacial score (nSPS) is 11.8. The molecule has 0 spiro atoms. The number of anilines is 3. The molecule has 0 atom stereocenters. The van der Waals surface area contributed by atoms with Crippen molar-refractivity contribution in [1.82, 2.24) is 0 Å². The highest BCUT2D eigenvalue weighted by Crippen LogP contribution is 2.44. The standard InChI is InChI=1S/C46H29NO/c1-3-10-38-31(8-1)18-19-35-28-34(23-27-40(35)38)30-20-24-36(25-21-30)47(43-13-7-15-45-46(43)41-12-5-6-14-44(41)48-45)37-26-22-33-17-16-32-9-2-4-11-39(32)42(33)29-37/h1-29H. The number of nitrogens with zero attached hydrogens (tertiary/aromatic N) is 1. The maximum atomic E-state index is 6.36. The first-order valence-electron chi connectivity index (χ1n) is 16.4. The summed E-state index contributed by atoms with van der Waals surface area (Å²) < 4.78 is 6.36. The van der Waals surface area contributed by atoms with Crippen LogP contribution in [0.15, 0.2) is 180 Å². The topological polar surface area (TPSA) is 16.4 Å². The summed E-state index contributed by atoms with van der Waals surface area (Å²) in [7, 11) is 0. The third kappa shape index (κ3) is 4.20. The fourth-order valence-corrected chi connectivity index (χ4v) is 7.49. The van der Waals surface area contributed by atoms with E-state index in [0.717, 1.165) is 39.0 Å². The lowest BCUT2D eigenvalue weighted by molar-refractivity contribution is 0.669. The molecule has 0 amide bonds. The van der Waals surface area contributed by atoms with Gasteiger partial charge >= 0.3 is 0 Å². The Kier molecular flexibility index (Phi) is 5.91. The Labute approximate surface area is 277 Å². The highest BCUT2D eigenvalue weighted by molar-refractivity contribution is 6.14. The molecule has 224 valence electrons. The third-order valence-electron chi connectivity index (χ3n) is 9.81. The molecule has 0 aliphatic rings. The maximum absolute atomic E-state index is 6.36. The molecule has 0 radical (unpaired) electrons. The Morgan fingerprint density at radius 3 is 1.69 bits per heavy atom. The highest BCUT2D eigenvalue weighted by atomic mass is 16.3. The minimum absolute atomic E-state index is 0.880. The Hall–Kier alpha value is -6.38. The lowest BCUT2D eigenvalue weighted by Gasteiger charge is -2.27. The largest absolute Gasteiger partial charge is 0.456 e. The van der Waals surface area contributed by atoms with Crippen LogP contribution in [0.25, 0.3) is 76.2 Å². The maximum Gasteiger partial charge on any atom is 0.137 e. The van der Waals surface area contributed by atoms with Crippen LogP contribution >= 0.6 is 0 Å². The number of benzene rings is 9. The lowest BCUT2D eigenvalue weighted by atomic mass is 9.97. The summed E-state index contributed by atoms with van der Waals surface area (Å²) in [4.78, 5) is 2.38. The van der Waals surface area contributed by atoms with Crippen molar-refractivity contribution in [2.24, 2.45) is 0 Å². The van der Waals surface area contributed by atoms with E-state index < -0.39 is 0 Å². The van der Waals surface area contributed by atoms with Crippen molar-refractivity contribution in [3.63, 3.8) is 0 Å². The number of para-hydroxylation sites is 1. The lowest BCUT2D eigenvalue weighted by Crippen LogP contribution is -2.10. The first kappa shape index (κ1) is 26.8. The van der Waals surface area contributed by atoms with Crippen LogP contribution in [-0.2, 0) is 0 Å². The van der Waals surface area contributed by atoms with Crippen molar-refractivity contribution in [3.05, 3.63) is 176 Å². The number of hydrogen-bond donors (Lipinski definition) is 0. The second-order valence-electron chi connectivity index (χ2n) is 12.5. The number of fused-ring (bicyclic) bond motifs is 9. The van der Waals surface area contributed by atoms with Gasteiger partial charge in [0.15, 0.2) is 0 Å². The number of hydrogen-bond acceptors (Lipinski definition) is 2. The summed E-state index contributed by atoms with van der Waals surface area (Å²) in [6.07, 6.45) is 0. The van der Waals surface area contributed by atoms with Crippen LogP contribution in [0, 0.1) is 0 Å². The summed E-state index contributed by atoms with van der Waals surface area (Å²) in [5.74, 6) is 0. The molecule has 0 saturated carbocycles. The molecule has 10 rings (SSSR count). The average molecular weight is 612 g/mol. The van der Waals surface area contributed by atoms with Crippen molar-refractivity contribution < 1.29 is 4.42 Å². The zero-order valence-electron chi connectivity index (χ0n) is 26.1. The second kappa shape index (κ2) is 10.6. The van der Waals surface area contributed by atoms with Gasteiger partial charge in [0.1, 0.15) is 11.2 Å². The zero-order chi connectivity index (χ0) is 31.6. The summed E-state index contributed by atoms with van der Waals surface area (Å²) in [5, 5.41) is 12.3. The fourth-order valence-electron chi connectivity index (χ4n) is 7.49. The molecular weight excluding hydrogens is 583 g/mol. The molecular formula is C46H29NO. The quantitative estimate of drug-likeness (QED) is 0.184. The van der Waals surface area contributed by atoms with E-state index in [0.29, 0.717) is 0 Å². The Morgan fingerprint density at radius 1 is 0.333 bits per heavy atom. The molecule has 0 N–H and O–H groups in total. The van der Waals surface area contributed by atoms with E-state index in [-0.39, 0.29) is 0 Å². The first-order chi connectivity index (χ1) is 23.8. The van der Waals surface area contributed by atoms with Crippen LogP contribution < -0.4 is 4.90 Å². The summed E-state index contributed by atoms with van der Waals surface area (Å²) >= 11 is 0. The van der Waals surface area contributed by atoms with Gasteiger partial charge in [0, 0.05) is 16.8 Å². The first-order valence-corrected chi connectivity index (χ1v) is 16.4. The minimum Gasteiger partial charge on any atom is -0.456 e. The summed E-state index contributed by atoms with van der Waals surface area (Å²) in [6.45, 7) is 0. The Bertz CT molecular complexity index is 2840. The number of furan rings is 1. The van der Waals surface area contributed by atoms with Crippen LogP contribution in [0.1, 0.15) is 0 Å². The molecule has 0 fully saturated rings. The van der Waals surface area contributed by atoms with Gasteiger partial charge < -0.3 is 9.32 Å². The summed E-state index contributed by atoms with van der Waals surface area (Å²) in [5.41, 5.74) is 7.43. The zero-order valence-corrected chi connectivity index (χ0v) is 26.1. The predicted octanol–water partition coefficient (Wildman–Crippen LogP) is 13.3. The van der Waals surface area contributed by atoms with Gasteiger partial charge in [-0.05, 0) is 103 Å². The third-order valence-corrected chi connectivity index (χ3v) is 9.81. The van der Waals surface area contributed by atoms with Crippen molar-refractivity contribution >= 4 is 82.1 Å². The van der Waals surface area contributed by atoms with Gasteiger partial charge in [-0.15, -0.1) is 0 Å². The smallest absolute Gasteiger partial charge is 0.137 e.